The number of hydrogen-bond donors (Lipinski definition) is 3. The first-order valence-corrected chi connectivity index (χ1v) is 1.96. The Kier molecular flexibility index (Phi) is 2.75. The molecule has 1 aliphatic heterocycles. The van der Waals surface area contributed by atoms with E-state index in [4.69, 9.17) is 5.41 Å². The number of nitrogens with one attached hydrogen (secondary N) is 3. The Morgan fingerprint density at radius 1 is 1.29 bits per heavy atom. The Morgan fingerprint density at radius 3 is 1.86 bits per heavy atom. The fourth-order valence-corrected chi connectivity index (χ4v) is 0.437. The van der Waals surface area contributed by atoms with Gasteiger partial charge in [0.05, 0.1) is 0 Å². The van der Waals surface area contributed by atoms with Crippen molar-refractivity contribution in [2.45, 2.75) is 0 Å². The van der Waals surface area contributed by atoms with Gasteiger partial charge in [-0.05, 0) is 0 Å². The van der Waals surface area contributed by atoms with Crippen LogP contribution in [-0.2, 0) is 0 Å². The van der Waals surface area contributed by atoms with Crippen LogP contribution in [0.2, 0.25) is 0 Å². The van der Waals surface area contributed by atoms with E-state index in [0.29, 0.717) is 5.96 Å². The van der Waals surface area contributed by atoms with Crippen molar-refractivity contribution in [1.29, 1.82) is 5.41 Å². The van der Waals surface area contributed by atoms with Crippen molar-refractivity contribution in [3.63, 3.8) is 0 Å². The summed E-state index contributed by atoms with van der Waals surface area (Å²) in [4.78, 5) is 0. The van der Waals surface area contributed by atoms with Crippen molar-refractivity contribution in [1.82, 2.24) is 10.6 Å². The number of rotatable bonds is 0. The summed E-state index contributed by atoms with van der Waals surface area (Å²) in [7, 11) is 0. The predicted octanol–water partition coefficient (Wildman–Crippen LogP) is -0.308. The van der Waals surface area contributed by atoms with Gasteiger partial charge < -0.3 is 10.6 Å². The molecular formula is C3H8BrN3. The average molecular weight is 166 g/mol. The highest BCUT2D eigenvalue weighted by Gasteiger charge is 1.98. The first-order valence-electron chi connectivity index (χ1n) is 1.96. The highest BCUT2D eigenvalue weighted by atomic mass is 79.9. The lowest BCUT2D eigenvalue weighted by Crippen LogP contribution is -2.21. The molecular weight excluding hydrogens is 158 g/mol. The molecule has 42 valence electrons. The van der Waals surface area contributed by atoms with Gasteiger partial charge in [-0.3, -0.25) is 5.41 Å². The molecule has 0 bridgehead atoms. The lowest BCUT2D eigenvalue weighted by Gasteiger charge is -1.86. The van der Waals surface area contributed by atoms with Gasteiger partial charge in [-0.15, -0.1) is 17.0 Å². The van der Waals surface area contributed by atoms with Crippen LogP contribution < -0.4 is 10.6 Å². The topological polar surface area (TPSA) is 47.9 Å². The number of hydrogen-bond acceptors (Lipinski definition) is 1. The predicted molar refractivity (Wildman–Crippen MR) is 34.1 cm³/mol. The van der Waals surface area contributed by atoms with E-state index >= 15 is 0 Å². The molecule has 0 spiro atoms. The van der Waals surface area contributed by atoms with Gasteiger partial charge in [0.15, 0.2) is 5.96 Å². The minimum Gasteiger partial charge on any atom is -0.355 e. The second kappa shape index (κ2) is 2.85. The highest BCUT2D eigenvalue weighted by Crippen LogP contribution is 1.67. The van der Waals surface area contributed by atoms with Crippen LogP contribution in [0.25, 0.3) is 0 Å². The van der Waals surface area contributed by atoms with E-state index in [0.717, 1.165) is 13.1 Å². The van der Waals surface area contributed by atoms with Gasteiger partial charge in [-0.1, -0.05) is 0 Å². The molecule has 4 heteroatoms. The third kappa shape index (κ3) is 1.77. The summed E-state index contributed by atoms with van der Waals surface area (Å²) in [5, 5.41) is 12.4. The lowest BCUT2D eigenvalue weighted by atomic mass is 10.7. The summed E-state index contributed by atoms with van der Waals surface area (Å²) in [6, 6.07) is 0. The molecule has 1 saturated heterocycles. The van der Waals surface area contributed by atoms with Crippen LogP contribution in [-0.4, -0.2) is 19.0 Å². The van der Waals surface area contributed by atoms with E-state index in [1.165, 1.54) is 0 Å². The minimum absolute atomic E-state index is 0. The fraction of sp³-hybridized carbons (Fsp3) is 0.667. The maximum atomic E-state index is 6.83. The first kappa shape index (κ1) is 6.75. The summed E-state index contributed by atoms with van der Waals surface area (Å²) in [5.41, 5.74) is 0. The summed E-state index contributed by atoms with van der Waals surface area (Å²) < 4.78 is 0. The summed E-state index contributed by atoms with van der Waals surface area (Å²) in [6.07, 6.45) is 0. The van der Waals surface area contributed by atoms with Crippen LogP contribution >= 0.6 is 17.0 Å². The number of guanidine groups is 1. The lowest BCUT2D eigenvalue weighted by molar-refractivity contribution is 0.942. The molecule has 0 aromatic heterocycles. The summed E-state index contributed by atoms with van der Waals surface area (Å²) >= 11 is 0. The third-order valence-corrected chi connectivity index (χ3v) is 0.729. The second-order valence-electron chi connectivity index (χ2n) is 1.23. The van der Waals surface area contributed by atoms with Crippen LogP contribution in [0.3, 0.4) is 0 Å². The second-order valence-corrected chi connectivity index (χ2v) is 1.23. The van der Waals surface area contributed by atoms with Gasteiger partial charge >= 0.3 is 0 Å². The van der Waals surface area contributed by atoms with Gasteiger partial charge in [-0.2, -0.15) is 0 Å². The van der Waals surface area contributed by atoms with E-state index in [1.54, 1.807) is 0 Å². The molecule has 0 atom stereocenters. The molecule has 0 aromatic carbocycles. The molecule has 7 heavy (non-hydrogen) atoms. The van der Waals surface area contributed by atoms with Crippen molar-refractivity contribution in [2.24, 2.45) is 0 Å². The molecule has 3 N–H and O–H groups in total. The Hall–Kier alpha value is -0.250. The standard InChI is InChI=1S/C3H7N3.BrH/c4-3-5-1-2-6-3;/h1-2H2,(H3,4,5,6);1H. The zero-order chi connectivity index (χ0) is 4.41. The highest BCUT2D eigenvalue weighted by molar-refractivity contribution is 8.93. The molecule has 1 aliphatic rings. The Balaban J connectivity index is 0.000000360. The molecule has 0 saturated carbocycles. The van der Waals surface area contributed by atoms with Crippen LogP contribution in [0.4, 0.5) is 0 Å². The van der Waals surface area contributed by atoms with Gasteiger partial charge in [0.1, 0.15) is 0 Å². The van der Waals surface area contributed by atoms with Crippen LogP contribution in [0, 0.1) is 5.41 Å². The van der Waals surface area contributed by atoms with Gasteiger partial charge in [0.25, 0.3) is 0 Å². The van der Waals surface area contributed by atoms with Gasteiger partial charge in [-0.25, -0.2) is 0 Å². The van der Waals surface area contributed by atoms with Crippen molar-refractivity contribution in [2.75, 3.05) is 13.1 Å². The Labute approximate surface area is 52.8 Å². The van der Waals surface area contributed by atoms with Crippen molar-refractivity contribution >= 4 is 22.9 Å². The van der Waals surface area contributed by atoms with E-state index in [1.807, 2.05) is 0 Å². The van der Waals surface area contributed by atoms with Crippen molar-refractivity contribution in [3.8, 4) is 0 Å². The molecule has 0 aliphatic carbocycles. The van der Waals surface area contributed by atoms with Crippen LogP contribution in [0.15, 0.2) is 0 Å². The van der Waals surface area contributed by atoms with Gasteiger partial charge in [0, 0.05) is 13.1 Å². The first-order chi connectivity index (χ1) is 2.89. The molecule has 1 rings (SSSR count). The quantitative estimate of drug-likeness (QED) is 0.462. The maximum absolute atomic E-state index is 6.83. The Morgan fingerprint density at radius 2 is 1.71 bits per heavy atom. The largest absolute Gasteiger partial charge is 0.355 e. The van der Waals surface area contributed by atoms with Crippen molar-refractivity contribution in [3.05, 3.63) is 0 Å². The molecule has 0 unspecified atom stereocenters. The molecule has 1 heterocycles. The average Bonchev–Trinajstić information content (AvgIpc) is 1.86. The maximum Gasteiger partial charge on any atom is 0.188 e. The summed E-state index contributed by atoms with van der Waals surface area (Å²) in [6.45, 7) is 1.80. The number of halogens is 1. The van der Waals surface area contributed by atoms with Crippen molar-refractivity contribution < 1.29 is 0 Å². The molecule has 1 fully saturated rings. The van der Waals surface area contributed by atoms with Gasteiger partial charge in [0.2, 0.25) is 0 Å². The molecule has 3 nitrogen and oxygen atoms in total. The van der Waals surface area contributed by atoms with E-state index in [-0.39, 0.29) is 17.0 Å². The third-order valence-electron chi connectivity index (χ3n) is 0.729. The van der Waals surface area contributed by atoms with Crippen LogP contribution in [0.5, 0.6) is 0 Å². The molecule has 0 aromatic rings. The molecule has 0 amide bonds. The van der Waals surface area contributed by atoms with E-state index < -0.39 is 0 Å². The fourth-order valence-electron chi connectivity index (χ4n) is 0.437. The monoisotopic (exact) mass is 165 g/mol. The summed E-state index contributed by atoms with van der Waals surface area (Å²) in [5.74, 6) is 0.454. The van der Waals surface area contributed by atoms with E-state index in [9.17, 15) is 0 Å². The smallest absolute Gasteiger partial charge is 0.188 e. The molecule has 0 radical (unpaired) electrons. The normalized spacial score (nSPS) is 16.9. The Bertz CT molecular complexity index is 64.6. The zero-order valence-electron chi connectivity index (χ0n) is 3.82. The SMILES string of the molecule is Br.N=C1NCCN1. The zero-order valence-corrected chi connectivity index (χ0v) is 5.54. The van der Waals surface area contributed by atoms with E-state index in [2.05, 4.69) is 10.6 Å². The minimum atomic E-state index is 0. The van der Waals surface area contributed by atoms with Crippen LogP contribution in [0.1, 0.15) is 0 Å².